The Morgan fingerprint density at radius 3 is 2.35 bits per heavy atom. The van der Waals surface area contributed by atoms with E-state index in [0.29, 0.717) is 19.0 Å². The van der Waals surface area contributed by atoms with E-state index in [1.807, 2.05) is 13.8 Å². The van der Waals surface area contributed by atoms with Crippen molar-refractivity contribution < 1.29 is 14.7 Å². The van der Waals surface area contributed by atoms with Crippen molar-refractivity contribution in [1.82, 2.24) is 20.8 Å². The molecule has 0 saturated carbocycles. The van der Waals surface area contributed by atoms with Crippen LogP contribution in [0.3, 0.4) is 0 Å². The fourth-order valence-corrected chi connectivity index (χ4v) is 2.52. The molecule has 0 bridgehead atoms. The van der Waals surface area contributed by atoms with E-state index in [0.717, 1.165) is 15.6 Å². The molecule has 1 heterocycles. The highest BCUT2D eigenvalue weighted by Gasteiger charge is 2.09. The number of carboxylic acids is 1. The number of hydrogen-bond acceptors (Lipinski definition) is 5. The van der Waals surface area contributed by atoms with Crippen molar-refractivity contribution in [3.63, 3.8) is 0 Å². The van der Waals surface area contributed by atoms with Crippen LogP contribution in [-0.2, 0) is 13.1 Å². The standard InChI is InChI=1S/C15H18N4O3S/c1-9(2)13-19-18-12(23-13)8-17-15(22)16-7-10-3-5-11(6-4-10)14(20)21/h3-6,9H,7-8H2,1-2H3,(H,20,21)(H2,16,17,22). The minimum Gasteiger partial charge on any atom is -0.478 e. The van der Waals surface area contributed by atoms with Crippen LogP contribution in [0.2, 0.25) is 0 Å². The average molecular weight is 334 g/mol. The molecule has 0 aliphatic carbocycles. The Morgan fingerprint density at radius 1 is 1.13 bits per heavy atom. The molecule has 0 saturated heterocycles. The monoisotopic (exact) mass is 334 g/mol. The predicted molar refractivity (Wildman–Crippen MR) is 86.5 cm³/mol. The van der Waals surface area contributed by atoms with Gasteiger partial charge in [0.25, 0.3) is 0 Å². The Balaban J connectivity index is 1.77. The molecule has 0 radical (unpaired) electrons. The molecule has 1 aromatic carbocycles. The molecule has 0 unspecified atom stereocenters. The second-order valence-electron chi connectivity index (χ2n) is 5.23. The minimum absolute atomic E-state index is 0.218. The number of aromatic carboxylic acids is 1. The van der Waals surface area contributed by atoms with Crippen LogP contribution in [0.15, 0.2) is 24.3 Å². The smallest absolute Gasteiger partial charge is 0.335 e. The van der Waals surface area contributed by atoms with E-state index in [1.165, 1.54) is 23.5 Å². The normalized spacial score (nSPS) is 10.6. The third-order valence-corrected chi connectivity index (χ3v) is 4.25. The first-order valence-electron chi connectivity index (χ1n) is 7.12. The summed E-state index contributed by atoms with van der Waals surface area (Å²) >= 11 is 1.48. The van der Waals surface area contributed by atoms with Gasteiger partial charge in [0, 0.05) is 12.5 Å². The summed E-state index contributed by atoms with van der Waals surface area (Å²) in [5.41, 5.74) is 1.04. The number of nitrogens with zero attached hydrogens (tertiary/aromatic N) is 2. The number of nitrogens with one attached hydrogen (secondary N) is 2. The molecule has 0 spiro atoms. The molecular formula is C15H18N4O3S. The fraction of sp³-hybridized carbons (Fsp3) is 0.333. The van der Waals surface area contributed by atoms with Crippen LogP contribution in [0.4, 0.5) is 4.79 Å². The quantitative estimate of drug-likeness (QED) is 0.752. The van der Waals surface area contributed by atoms with Gasteiger partial charge in [-0.05, 0) is 17.7 Å². The SMILES string of the molecule is CC(C)c1nnc(CNC(=O)NCc2ccc(C(=O)O)cc2)s1. The van der Waals surface area contributed by atoms with E-state index in [9.17, 15) is 9.59 Å². The molecule has 0 atom stereocenters. The van der Waals surface area contributed by atoms with Crippen LogP contribution < -0.4 is 10.6 Å². The lowest BCUT2D eigenvalue weighted by molar-refractivity contribution is 0.0697. The Morgan fingerprint density at radius 2 is 1.78 bits per heavy atom. The maximum atomic E-state index is 11.7. The van der Waals surface area contributed by atoms with Gasteiger partial charge in [0.05, 0.1) is 12.1 Å². The summed E-state index contributed by atoms with van der Waals surface area (Å²) in [4.78, 5) is 22.5. The minimum atomic E-state index is -0.972. The van der Waals surface area contributed by atoms with Gasteiger partial charge in [0.15, 0.2) is 0 Å². The van der Waals surface area contributed by atoms with Gasteiger partial charge in [-0.15, -0.1) is 10.2 Å². The Hall–Kier alpha value is -2.48. The number of hydrogen-bond donors (Lipinski definition) is 3. The van der Waals surface area contributed by atoms with Crippen molar-refractivity contribution in [3.05, 3.63) is 45.4 Å². The molecule has 3 N–H and O–H groups in total. The number of carboxylic acid groups (broad SMARTS) is 1. The number of benzene rings is 1. The molecule has 1 aromatic heterocycles. The zero-order valence-electron chi connectivity index (χ0n) is 12.9. The van der Waals surface area contributed by atoms with Crippen molar-refractivity contribution in [2.24, 2.45) is 0 Å². The van der Waals surface area contributed by atoms with Crippen LogP contribution >= 0.6 is 11.3 Å². The molecule has 2 rings (SSSR count). The van der Waals surface area contributed by atoms with E-state index >= 15 is 0 Å². The molecule has 122 valence electrons. The highest BCUT2D eigenvalue weighted by Crippen LogP contribution is 2.18. The lowest BCUT2D eigenvalue weighted by Gasteiger charge is -2.06. The second kappa shape index (κ2) is 7.68. The van der Waals surface area contributed by atoms with Crippen LogP contribution in [0, 0.1) is 0 Å². The molecule has 0 aliphatic rings. The first kappa shape index (κ1) is 16.9. The van der Waals surface area contributed by atoms with E-state index in [-0.39, 0.29) is 11.6 Å². The molecule has 8 heteroatoms. The highest BCUT2D eigenvalue weighted by atomic mass is 32.1. The van der Waals surface area contributed by atoms with Gasteiger partial charge < -0.3 is 15.7 Å². The number of aromatic nitrogens is 2. The molecule has 0 fully saturated rings. The van der Waals surface area contributed by atoms with E-state index in [4.69, 9.17) is 5.11 Å². The van der Waals surface area contributed by atoms with E-state index < -0.39 is 5.97 Å². The molecule has 0 aliphatic heterocycles. The van der Waals surface area contributed by atoms with Crippen molar-refractivity contribution in [2.45, 2.75) is 32.9 Å². The number of carbonyl (C=O) groups is 2. The van der Waals surface area contributed by atoms with Crippen LogP contribution in [0.1, 0.15) is 45.7 Å². The summed E-state index contributed by atoms with van der Waals surface area (Å²) in [6.07, 6.45) is 0. The number of urea groups is 1. The maximum Gasteiger partial charge on any atom is 0.335 e. The third kappa shape index (κ3) is 5.03. The lowest BCUT2D eigenvalue weighted by Crippen LogP contribution is -2.34. The Labute approximate surface area is 137 Å². The van der Waals surface area contributed by atoms with Crippen molar-refractivity contribution in [1.29, 1.82) is 0 Å². The van der Waals surface area contributed by atoms with Gasteiger partial charge in [-0.25, -0.2) is 9.59 Å². The van der Waals surface area contributed by atoms with Gasteiger partial charge in [0.1, 0.15) is 10.0 Å². The number of carbonyl (C=O) groups excluding carboxylic acids is 1. The first-order chi connectivity index (χ1) is 11.0. The van der Waals surface area contributed by atoms with Crippen LogP contribution in [-0.4, -0.2) is 27.3 Å². The van der Waals surface area contributed by atoms with Crippen molar-refractivity contribution in [3.8, 4) is 0 Å². The summed E-state index contributed by atoms with van der Waals surface area (Å²) in [5.74, 6) is -0.649. The molecule has 7 nitrogen and oxygen atoms in total. The van der Waals surface area contributed by atoms with E-state index in [1.54, 1.807) is 12.1 Å². The number of amides is 2. The maximum absolute atomic E-state index is 11.7. The average Bonchev–Trinajstić information content (AvgIpc) is 3.00. The summed E-state index contributed by atoms with van der Waals surface area (Å²) in [7, 11) is 0. The molecule has 2 amide bonds. The van der Waals surface area contributed by atoms with Gasteiger partial charge in [0.2, 0.25) is 0 Å². The number of rotatable bonds is 6. The third-order valence-electron chi connectivity index (χ3n) is 3.03. The van der Waals surface area contributed by atoms with Crippen molar-refractivity contribution >= 4 is 23.3 Å². The Bertz CT molecular complexity index is 682. The van der Waals surface area contributed by atoms with Gasteiger partial charge in [-0.2, -0.15) is 0 Å². The topological polar surface area (TPSA) is 104 Å². The zero-order chi connectivity index (χ0) is 16.8. The van der Waals surface area contributed by atoms with Gasteiger partial charge >= 0.3 is 12.0 Å². The van der Waals surface area contributed by atoms with E-state index in [2.05, 4.69) is 20.8 Å². The van der Waals surface area contributed by atoms with Gasteiger partial charge in [-0.1, -0.05) is 37.3 Å². The summed E-state index contributed by atoms with van der Waals surface area (Å²) in [6.45, 7) is 4.73. The van der Waals surface area contributed by atoms with Gasteiger partial charge in [-0.3, -0.25) is 0 Å². The summed E-state index contributed by atoms with van der Waals surface area (Å²) in [6, 6.07) is 6.04. The highest BCUT2D eigenvalue weighted by molar-refractivity contribution is 7.11. The second-order valence-corrected chi connectivity index (χ2v) is 6.32. The molecular weight excluding hydrogens is 316 g/mol. The molecule has 23 heavy (non-hydrogen) atoms. The fourth-order valence-electron chi connectivity index (χ4n) is 1.74. The van der Waals surface area contributed by atoms with Crippen molar-refractivity contribution in [2.75, 3.05) is 0 Å². The van der Waals surface area contributed by atoms with Crippen LogP contribution in [0.5, 0.6) is 0 Å². The zero-order valence-corrected chi connectivity index (χ0v) is 13.7. The summed E-state index contributed by atoms with van der Waals surface area (Å²) in [5, 5.41) is 24.0. The summed E-state index contributed by atoms with van der Waals surface area (Å²) < 4.78 is 0. The molecule has 2 aromatic rings. The lowest BCUT2D eigenvalue weighted by atomic mass is 10.1. The van der Waals surface area contributed by atoms with Crippen LogP contribution in [0.25, 0.3) is 0 Å². The first-order valence-corrected chi connectivity index (χ1v) is 7.93. The largest absolute Gasteiger partial charge is 0.478 e. The Kier molecular flexibility index (Phi) is 5.64. The predicted octanol–water partition coefficient (Wildman–Crippen LogP) is 2.36.